The van der Waals surface area contributed by atoms with E-state index in [0.29, 0.717) is 0 Å². The number of guanidine groups is 1. The van der Waals surface area contributed by atoms with Gasteiger partial charge in [-0.2, -0.15) is 0 Å². The molecule has 156 valence electrons. The first kappa shape index (κ1) is 22.9. The van der Waals surface area contributed by atoms with Crippen molar-refractivity contribution in [2.75, 3.05) is 39.3 Å². The molecule has 2 heterocycles. The van der Waals surface area contributed by atoms with Gasteiger partial charge >= 0.3 is 0 Å². The molecule has 1 saturated heterocycles. The van der Waals surface area contributed by atoms with E-state index < -0.39 is 0 Å². The SMILES string of the molecule is CCNC(=NCCCCN1CCCC1)NCCc1c[nH]c2cc(F)ccc12.I. The maximum absolute atomic E-state index is 13.3. The highest BCUT2D eigenvalue weighted by atomic mass is 127. The Labute approximate surface area is 184 Å². The number of benzene rings is 1. The van der Waals surface area contributed by atoms with Gasteiger partial charge in [-0.15, -0.1) is 24.0 Å². The number of hydrogen-bond donors (Lipinski definition) is 3. The molecule has 0 bridgehead atoms. The van der Waals surface area contributed by atoms with E-state index in [0.717, 1.165) is 49.3 Å². The van der Waals surface area contributed by atoms with Crippen LogP contribution in [0.4, 0.5) is 4.39 Å². The van der Waals surface area contributed by atoms with Crippen LogP contribution >= 0.6 is 24.0 Å². The van der Waals surface area contributed by atoms with Gasteiger partial charge in [0.1, 0.15) is 5.82 Å². The van der Waals surface area contributed by atoms with Crippen LogP contribution in [0, 0.1) is 5.82 Å². The Morgan fingerprint density at radius 1 is 1.21 bits per heavy atom. The van der Waals surface area contributed by atoms with Crippen LogP contribution in [-0.4, -0.2) is 55.1 Å². The number of unbranched alkanes of at least 4 members (excludes halogenated alkanes) is 1. The van der Waals surface area contributed by atoms with Crippen LogP contribution in [0.2, 0.25) is 0 Å². The summed E-state index contributed by atoms with van der Waals surface area (Å²) in [5, 5.41) is 7.80. The van der Waals surface area contributed by atoms with Crippen molar-refractivity contribution < 1.29 is 4.39 Å². The number of aromatic nitrogens is 1. The van der Waals surface area contributed by atoms with Crippen molar-refractivity contribution in [1.29, 1.82) is 0 Å². The Hall–Kier alpha value is -1.35. The molecule has 1 aliphatic heterocycles. The van der Waals surface area contributed by atoms with E-state index in [1.807, 2.05) is 12.3 Å². The van der Waals surface area contributed by atoms with Crippen LogP contribution in [-0.2, 0) is 6.42 Å². The van der Waals surface area contributed by atoms with Gasteiger partial charge in [0.15, 0.2) is 5.96 Å². The minimum Gasteiger partial charge on any atom is -0.361 e. The number of aromatic amines is 1. The highest BCUT2D eigenvalue weighted by Crippen LogP contribution is 2.19. The lowest BCUT2D eigenvalue weighted by Gasteiger charge is -2.14. The molecule has 5 nitrogen and oxygen atoms in total. The zero-order valence-corrected chi connectivity index (χ0v) is 19.1. The van der Waals surface area contributed by atoms with Gasteiger partial charge in [-0.05, 0) is 82.4 Å². The first-order valence-corrected chi connectivity index (χ1v) is 10.3. The molecule has 3 rings (SSSR count). The third-order valence-electron chi connectivity index (χ3n) is 5.11. The highest BCUT2D eigenvalue weighted by molar-refractivity contribution is 14.0. The number of nitrogens with one attached hydrogen (secondary N) is 3. The standard InChI is InChI=1S/C21H32FN5.HI/c1-2-23-21(24-10-3-4-12-27-13-5-6-14-27)25-11-9-17-16-26-20-15-18(22)7-8-19(17)20;/h7-8,15-16,26H,2-6,9-14H2,1H3,(H2,23,24,25);1H. The molecule has 0 saturated carbocycles. The second-order valence-electron chi connectivity index (χ2n) is 7.20. The zero-order valence-electron chi connectivity index (χ0n) is 16.8. The number of hydrogen-bond acceptors (Lipinski definition) is 2. The average Bonchev–Trinajstić information content (AvgIpc) is 3.31. The number of halogens is 2. The van der Waals surface area contributed by atoms with Crippen LogP contribution in [0.25, 0.3) is 10.9 Å². The Morgan fingerprint density at radius 2 is 2.04 bits per heavy atom. The second kappa shape index (κ2) is 12.3. The molecule has 7 heteroatoms. The van der Waals surface area contributed by atoms with E-state index in [9.17, 15) is 4.39 Å². The summed E-state index contributed by atoms with van der Waals surface area (Å²) in [6.45, 7) is 8.34. The summed E-state index contributed by atoms with van der Waals surface area (Å²) in [7, 11) is 0. The van der Waals surface area contributed by atoms with Gasteiger partial charge in [-0.3, -0.25) is 4.99 Å². The first-order valence-electron chi connectivity index (χ1n) is 10.3. The van der Waals surface area contributed by atoms with Gasteiger partial charge in [-0.25, -0.2) is 4.39 Å². The molecule has 0 unspecified atom stereocenters. The van der Waals surface area contributed by atoms with Crippen molar-refractivity contribution in [3.63, 3.8) is 0 Å². The fraction of sp³-hybridized carbons (Fsp3) is 0.571. The summed E-state index contributed by atoms with van der Waals surface area (Å²) >= 11 is 0. The van der Waals surface area contributed by atoms with E-state index >= 15 is 0 Å². The lowest BCUT2D eigenvalue weighted by Crippen LogP contribution is -2.38. The van der Waals surface area contributed by atoms with E-state index in [1.165, 1.54) is 50.5 Å². The van der Waals surface area contributed by atoms with Gasteiger partial charge < -0.3 is 20.5 Å². The highest BCUT2D eigenvalue weighted by Gasteiger charge is 2.10. The van der Waals surface area contributed by atoms with Crippen LogP contribution in [0.3, 0.4) is 0 Å². The van der Waals surface area contributed by atoms with Gasteiger partial charge in [-0.1, -0.05) is 0 Å². The number of nitrogens with zero attached hydrogens (tertiary/aromatic N) is 2. The summed E-state index contributed by atoms with van der Waals surface area (Å²) < 4.78 is 13.3. The third kappa shape index (κ3) is 6.92. The van der Waals surface area contributed by atoms with Crippen LogP contribution in [0.1, 0.15) is 38.2 Å². The zero-order chi connectivity index (χ0) is 18.9. The third-order valence-corrected chi connectivity index (χ3v) is 5.11. The fourth-order valence-corrected chi connectivity index (χ4v) is 3.67. The smallest absolute Gasteiger partial charge is 0.191 e. The van der Waals surface area contributed by atoms with Crippen molar-refractivity contribution >= 4 is 40.8 Å². The number of rotatable bonds is 9. The molecular formula is C21H33FIN5. The molecule has 1 fully saturated rings. The molecule has 28 heavy (non-hydrogen) atoms. The Bertz CT molecular complexity index is 739. The topological polar surface area (TPSA) is 55.5 Å². The first-order chi connectivity index (χ1) is 13.3. The molecule has 1 aromatic heterocycles. The maximum atomic E-state index is 13.3. The summed E-state index contributed by atoms with van der Waals surface area (Å²) in [5.41, 5.74) is 2.04. The summed E-state index contributed by atoms with van der Waals surface area (Å²) in [6.07, 6.45) is 7.89. The van der Waals surface area contributed by atoms with E-state index in [-0.39, 0.29) is 29.8 Å². The second-order valence-corrected chi connectivity index (χ2v) is 7.20. The molecule has 3 N–H and O–H groups in total. The maximum Gasteiger partial charge on any atom is 0.191 e. The van der Waals surface area contributed by atoms with Crippen LogP contribution in [0.5, 0.6) is 0 Å². The van der Waals surface area contributed by atoms with E-state index in [4.69, 9.17) is 0 Å². The quantitative estimate of drug-likeness (QED) is 0.212. The van der Waals surface area contributed by atoms with Crippen LogP contribution < -0.4 is 10.6 Å². The molecule has 0 atom stereocenters. The van der Waals surface area contributed by atoms with Crippen LogP contribution in [0.15, 0.2) is 29.4 Å². The molecule has 1 aromatic carbocycles. The Balaban J connectivity index is 0.00000280. The number of fused-ring (bicyclic) bond motifs is 1. The average molecular weight is 501 g/mol. The van der Waals surface area contributed by atoms with Gasteiger partial charge in [0.25, 0.3) is 0 Å². The van der Waals surface area contributed by atoms with Crippen molar-refractivity contribution in [2.45, 2.75) is 39.0 Å². The van der Waals surface area contributed by atoms with Crippen molar-refractivity contribution in [3.05, 3.63) is 35.8 Å². The largest absolute Gasteiger partial charge is 0.361 e. The molecule has 0 spiro atoms. The lowest BCUT2D eigenvalue weighted by atomic mass is 10.1. The summed E-state index contributed by atoms with van der Waals surface area (Å²) in [4.78, 5) is 10.4. The minimum atomic E-state index is -0.208. The molecule has 2 aromatic rings. The van der Waals surface area contributed by atoms with Gasteiger partial charge in [0.05, 0.1) is 0 Å². The molecular weight excluding hydrogens is 468 g/mol. The fourth-order valence-electron chi connectivity index (χ4n) is 3.67. The molecule has 0 radical (unpaired) electrons. The van der Waals surface area contributed by atoms with Crippen molar-refractivity contribution in [2.24, 2.45) is 4.99 Å². The van der Waals surface area contributed by atoms with Gasteiger partial charge in [0.2, 0.25) is 0 Å². The summed E-state index contributed by atoms with van der Waals surface area (Å²) in [6, 6.07) is 4.90. The number of aliphatic imine (C=N–C) groups is 1. The predicted molar refractivity (Wildman–Crippen MR) is 126 cm³/mol. The molecule has 0 aliphatic carbocycles. The minimum absolute atomic E-state index is 0. The monoisotopic (exact) mass is 501 g/mol. The van der Waals surface area contributed by atoms with E-state index in [2.05, 4.69) is 32.4 Å². The van der Waals surface area contributed by atoms with Crippen molar-refractivity contribution in [3.8, 4) is 0 Å². The molecule has 1 aliphatic rings. The normalized spacial score (nSPS) is 15.0. The van der Waals surface area contributed by atoms with E-state index in [1.54, 1.807) is 6.07 Å². The number of likely N-dealkylation sites (tertiary alicyclic amines) is 1. The Morgan fingerprint density at radius 3 is 2.82 bits per heavy atom. The summed E-state index contributed by atoms with van der Waals surface area (Å²) in [5.74, 6) is 0.671. The molecule has 0 amide bonds. The van der Waals surface area contributed by atoms with Crippen molar-refractivity contribution in [1.82, 2.24) is 20.5 Å². The van der Waals surface area contributed by atoms with Gasteiger partial charge in [0, 0.05) is 36.7 Å². The Kier molecular flexibility index (Phi) is 10.0. The number of H-pyrrole nitrogens is 1. The lowest BCUT2D eigenvalue weighted by molar-refractivity contribution is 0.331. The predicted octanol–water partition coefficient (Wildman–Crippen LogP) is 3.90.